The Labute approximate surface area is 127 Å². The molecule has 1 saturated heterocycles. The average molecular weight is 312 g/mol. The summed E-state index contributed by atoms with van der Waals surface area (Å²) in [7, 11) is -2.99. The molecule has 0 bridgehead atoms. The van der Waals surface area contributed by atoms with E-state index in [0.717, 1.165) is 37.4 Å². The van der Waals surface area contributed by atoms with Crippen LogP contribution in [0.2, 0.25) is 0 Å². The number of anilines is 1. The first kappa shape index (κ1) is 16.1. The lowest BCUT2D eigenvalue weighted by Crippen LogP contribution is -2.39. The van der Waals surface area contributed by atoms with Gasteiger partial charge in [-0.2, -0.15) is 0 Å². The Bertz CT molecular complexity index is 552. The number of rotatable bonds is 6. The Balaban J connectivity index is 2.00. The van der Waals surface area contributed by atoms with E-state index in [2.05, 4.69) is 4.90 Å². The molecule has 5 nitrogen and oxygen atoms in total. The van der Waals surface area contributed by atoms with Crippen molar-refractivity contribution in [2.45, 2.75) is 25.8 Å². The fourth-order valence-electron chi connectivity index (χ4n) is 2.40. The van der Waals surface area contributed by atoms with Crippen molar-refractivity contribution < 1.29 is 13.2 Å². The zero-order chi connectivity index (χ0) is 15.3. The van der Waals surface area contributed by atoms with Gasteiger partial charge in [-0.05, 0) is 25.0 Å². The van der Waals surface area contributed by atoms with Crippen LogP contribution < -0.4 is 15.4 Å². The minimum atomic E-state index is -2.99. The minimum absolute atomic E-state index is 0.0582. The second-order valence-corrected chi connectivity index (χ2v) is 7.85. The highest BCUT2D eigenvalue weighted by Crippen LogP contribution is 2.30. The van der Waals surface area contributed by atoms with Crippen molar-refractivity contribution in [3.05, 3.63) is 24.3 Å². The van der Waals surface area contributed by atoms with Gasteiger partial charge in [-0.15, -0.1) is 0 Å². The monoisotopic (exact) mass is 312 g/mol. The van der Waals surface area contributed by atoms with Gasteiger partial charge in [0.2, 0.25) is 0 Å². The van der Waals surface area contributed by atoms with Crippen LogP contribution >= 0.6 is 0 Å². The van der Waals surface area contributed by atoms with Crippen molar-refractivity contribution in [2.75, 3.05) is 36.1 Å². The second kappa shape index (κ2) is 7.13. The van der Waals surface area contributed by atoms with Crippen molar-refractivity contribution >= 4 is 15.5 Å². The molecule has 0 unspecified atom stereocenters. The van der Waals surface area contributed by atoms with Gasteiger partial charge in [-0.1, -0.05) is 19.1 Å². The topological polar surface area (TPSA) is 72.6 Å². The Hall–Kier alpha value is -1.27. The predicted octanol–water partition coefficient (Wildman–Crippen LogP) is 1.43. The maximum Gasteiger partial charge on any atom is 0.153 e. The molecule has 6 heteroatoms. The number of piperidine rings is 1. The summed E-state index contributed by atoms with van der Waals surface area (Å²) in [5.41, 5.74) is 6.96. The number of hydrogen-bond donors (Lipinski definition) is 1. The van der Waals surface area contributed by atoms with Crippen LogP contribution in [0.15, 0.2) is 24.3 Å². The van der Waals surface area contributed by atoms with Crippen LogP contribution in [0.1, 0.15) is 19.8 Å². The molecule has 0 amide bonds. The first-order valence-electron chi connectivity index (χ1n) is 7.44. The van der Waals surface area contributed by atoms with E-state index >= 15 is 0 Å². The smallest absolute Gasteiger partial charge is 0.153 e. The van der Waals surface area contributed by atoms with Gasteiger partial charge in [0.05, 0.1) is 11.4 Å². The molecule has 1 aliphatic heterocycles. The first-order valence-corrected chi connectivity index (χ1v) is 9.27. The lowest BCUT2D eigenvalue weighted by Gasteiger charge is -2.33. The van der Waals surface area contributed by atoms with E-state index in [-0.39, 0.29) is 24.2 Å². The van der Waals surface area contributed by atoms with Gasteiger partial charge >= 0.3 is 0 Å². The van der Waals surface area contributed by atoms with Crippen LogP contribution in [0.25, 0.3) is 0 Å². The summed E-state index contributed by atoms with van der Waals surface area (Å²) < 4.78 is 28.7. The number of sulfone groups is 1. The van der Waals surface area contributed by atoms with Crippen molar-refractivity contribution in [2.24, 2.45) is 5.73 Å². The van der Waals surface area contributed by atoms with Gasteiger partial charge in [0.25, 0.3) is 0 Å². The Morgan fingerprint density at radius 2 is 1.95 bits per heavy atom. The zero-order valence-corrected chi connectivity index (χ0v) is 13.3. The highest BCUT2D eigenvalue weighted by molar-refractivity contribution is 7.91. The van der Waals surface area contributed by atoms with E-state index in [0.29, 0.717) is 0 Å². The Morgan fingerprint density at radius 3 is 2.62 bits per heavy atom. The fourth-order valence-corrected chi connectivity index (χ4v) is 3.03. The van der Waals surface area contributed by atoms with Crippen LogP contribution in [0.4, 0.5) is 5.69 Å². The van der Waals surface area contributed by atoms with Crippen LogP contribution in [0.3, 0.4) is 0 Å². The van der Waals surface area contributed by atoms with E-state index in [9.17, 15) is 8.42 Å². The number of para-hydroxylation sites is 2. The Kier molecular flexibility index (Phi) is 5.47. The van der Waals surface area contributed by atoms with E-state index in [1.54, 1.807) is 6.92 Å². The standard InChI is InChI=1S/C15H24N2O3S/c1-2-21(18,19)12-11-20-15-6-4-3-5-14(15)17-9-7-13(16)8-10-17/h3-6,13H,2,7-12,16H2,1H3. The molecule has 0 aliphatic carbocycles. The van der Waals surface area contributed by atoms with Crippen molar-refractivity contribution in [3.8, 4) is 5.75 Å². The molecule has 1 fully saturated rings. The SMILES string of the molecule is CCS(=O)(=O)CCOc1ccccc1N1CCC(N)CC1. The third-order valence-electron chi connectivity index (χ3n) is 3.84. The molecule has 0 saturated carbocycles. The molecule has 21 heavy (non-hydrogen) atoms. The van der Waals surface area contributed by atoms with E-state index in [4.69, 9.17) is 10.5 Å². The van der Waals surface area contributed by atoms with Gasteiger partial charge in [0, 0.05) is 24.9 Å². The third kappa shape index (κ3) is 4.61. The van der Waals surface area contributed by atoms with Gasteiger partial charge < -0.3 is 15.4 Å². The minimum Gasteiger partial charge on any atom is -0.490 e. The summed E-state index contributed by atoms with van der Waals surface area (Å²) in [6.07, 6.45) is 1.94. The first-order chi connectivity index (χ1) is 10.0. The van der Waals surface area contributed by atoms with Gasteiger partial charge in [-0.25, -0.2) is 8.42 Å². The lowest BCUT2D eigenvalue weighted by molar-refractivity contribution is 0.340. The summed E-state index contributed by atoms with van der Waals surface area (Å²) in [6, 6.07) is 8.06. The molecule has 0 radical (unpaired) electrons. The molecular weight excluding hydrogens is 288 g/mol. The van der Waals surface area contributed by atoms with E-state index < -0.39 is 9.84 Å². The molecule has 1 heterocycles. The summed E-state index contributed by atoms with van der Waals surface area (Å²) in [4.78, 5) is 2.26. The molecule has 1 aromatic rings. The average Bonchev–Trinajstić information content (AvgIpc) is 2.49. The van der Waals surface area contributed by atoms with Crippen molar-refractivity contribution in [1.29, 1.82) is 0 Å². The van der Waals surface area contributed by atoms with Gasteiger partial charge in [0.1, 0.15) is 12.4 Å². The highest BCUT2D eigenvalue weighted by Gasteiger charge is 2.19. The maximum atomic E-state index is 11.5. The number of hydrogen-bond acceptors (Lipinski definition) is 5. The second-order valence-electron chi connectivity index (χ2n) is 5.38. The number of ether oxygens (including phenoxy) is 1. The number of nitrogens with zero attached hydrogens (tertiary/aromatic N) is 1. The fraction of sp³-hybridized carbons (Fsp3) is 0.600. The van der Waals surface area contributed by atoms with Gasteiger partial charge in [-0.3, -0.25) is 0 Å². The summed E-state index contributed by atoms with van der Waals surface area (Å²) in [6.45, 7) is 3.67. The number of benzene rings is 1. The van der Waals surface area contributed by atoms with Crippen molar-refractivity contribution in [3.63, 3.8) is 0 Å². The highest BCUT2D eigenvalue weighted by atomic mass is 32.2. The predicted molar refractivity (Wildman–Crippen MR) is 85.7 cm³/mol. The summed E-state index contributed by atoms with van der Waals surface area (Å²) in [5.74, 6) is 0.962. The van der Waals surface area contributed by atoms with Gasteiger partial charge in [0.15, 0.2) is 9.84 Å². The summed E-state index contributed by atoms with van der Waals surface area (Å²) >= 11 is 0. The lowest BCUT2D eigenvalue weighted by atomic mass is 10.1. The van der Waals surface area contributed by atoms with E-state index in [1.165, 1.54) is 0 Å². The molecule has 0 spiro atoms. The van der Waals surface area contributed by atoms with Crippen molar-refractivity contribution in [1.82, 2.24) is 0 Å². The number of nitrogens with two attached hydrogens (primary N) is 1. The third-order valence-corrected chi connectivity index (χ3v) is 5.51. The van der Waals surface area contributed by atoms with E-state index in [1.807, 2.05) is 24.3 Å². The zero-order valence-electron chi connectivity index (χ0n) is 12.5. The molecule has 118 valence electrons. The molecular formula is C15H24N2O3S. The largest absolute Gasteiger partial charge is 0.490 e. The molecule has 2 N–H and O–H groups in total. The summed E-state index contributed by atoms with van der Waals surface area (Å²) in [5, 5.41) is 0. The van der Waals surface area contributed by atoms with Crippen LogP contribution in [0.5, 0.6) is 5.75 Å². The normalized spacial score (nSPS) is 17.0. The maximum absolute atomic E-state index is 11.5. The molecule has 1 aromatic carbocycles. The van der Waals surface area contributed by atoms with Crippen LogP contribution in [0, 0.1) is 0 Å². The molecule has 2 rings (SSSR count). The molecule has 0 aromatic heterocycles. The van der Waals surface area contributed by atoms with Crippen LogP contribution in [-0.4, -0.2) is 45.7 Å². The quantitative estimate of drug-likeness (QED) is 0.860. The molecule has 0 atom stereocenters. The Morgan fingerprint density at radius 1 is 1.29 bits per heavy atom. The molecule has 1 aliphatic rings. The van der Waals surface area contributed by atoms with Crippen LogP contribution in [-0.2, 0) is 9.84 Å².